The van der Waals surface area contributed by atoms with E-state index in [0.29, 0.717) is 25.7 Å². The SMILES string of the molecule is O=C(c1ncccc1O)N1CCOC[C@H]1C1CC1. The van der Waals surface area contributed by atoms with E-state index >= 15 is 0 Å². The molecule has 96 valence electrons. The second kappa shape index (κ2) is 4.57. The van der Waals surface area contributed by atoms with Crippen LogP contribution in [-0.4, -0.2) is 46.7 Å². The van der Waals surface area contributed by atoms with Gasteiger partial charge < -0.3 is 14.7 Å². The van der Waals surface area contributed by atoms with Gasteiger partial charge in [-0.2, -0.15) is 0 Å². The highest BCUT2D eigenvalue weighted by Crippen LogP contribution is 2.37. The number of aromatic nitrogens is 1. The molecule has 1 saturated carbocycles. The number of amides is 1. The van der Waals surface area contributed by atoms with E-state index in [1.165, 1.54) is 12.3 Å². The molecule has 0 radical (unpaired) electrons. The van der Waals surface area contributed by atoms with Crippen molar-refractivity contribution in [1.82, 2.24) is 9.88 Å². The lowest BCUT2D eigenvalue weighted by molar-refractivity contribution is -0.00878. The number of morpholine rings is 1. The first-order valence-electron chi connectivity index (χ1n) is 6.30. The largest absolute Gasteiger partial charge is 0.505 e. The lowest BCUT2D eigenvalue weighted by atomic mass is 10.1. The van der Waals surface area contributed by atoms with Gasteiger partial charge in [0.25, 0.3) is 5.91 Å². The fourth-order valence-corrected chi connectivity index (χ4v) is 2.44. The fourth-order valence-electron chi connectivity index (χ4n) is 2.44. The van der Waals surface area contributed by atoms with Gasteiger partial charge in [-0.25, -0.2) is 4.98 Å². The molecule has 3 rings (SSSR count). The van der Waals surface area contributed by atoms with E-state index in [1.54, 1.807) is 6.07 Å². The van der Waals surface area contributed by atoms with E-state index in [2.05, 4.69) is 4.98 Å². The third kappa shape index (κ3) is 2.06. The minimum Gasteiger partial charge on any atom is -0.505 e. The van der Waals surface area contributed by atoms with Crippen LogP contribution in [0.3, 0.4) is 0 Å². The Balaban J connectivity index is 1.84. The van der Waals surface area contributed by atoms with E-state index in [4.69, 9.17) is 4.74 Å². The third-order valence-electron chi connectivity index (χ3n) is 3.58. The molecule has 0 bridgehead atoms. The van der Waals surface area contributed by atoms with Gasteiger partial charge in [0.05, 0.1) is 19.3 Å². The summed E-state index contributed by atoms with van der Waals surface area (Å²) in [5.74, 6) is 0.317. The number of nitrogens with zero attached hydrogens (tertiary/aromatic N) is 2. The number of ether oxygens (including phenoxy) is 1. The summed E-state index contributed by atoms with van der Waals surface area (Å²) < 4.78 is 5.45. The third-order valence-corrected chi connectivity index (χ3v) is 3.58. The molecule has 2 heterocycles. The number of carbonyl (C=O) groups is 1. The van der Waals surface area contributed by atoms with Gasteiger partial charge in [-0.3, -0.25) is 4.79 Å². The van der Waals surface area contributed by atoms with Gasteiger partial charge in [0.1, 0.15) is 5.75 Å². The van der Waals surface area contributed by atoms with Crippen molar-refractivity contribution in [2.24, 2.45) is 5.92 Å². The molecule has 18 heavy (non-hydrogen) atoms. The van der Waals surface area contributed by atoms with E-state index < -0.39 is 0 Å². The number of hydrogen-bond donors (Lipinski definition) is 1. The van der Waals surface area contributed by atoms with Crippen LogP contribution in [0.5, 0.6) is 5.75 Å². The zero-order valence-corrected chi connectivity index (χ0v) is 10.1. The summed E-state index contributed by atoms with van der Waals surface area (Å²) in [6.45, 7) is 1.74. The van der Waals surface area contributed by atoms with Gasteiger partial charge in [-0.05, 0) is 30.9 Å². The lowest BCUT2D eigenvalue weighted by Gasteiger charge is -2.35. The van der Waals surface area contributed by atoms with Crippen molar-refractivity contribution in [3.8, 4) is 5.75 Å². The van der Waals surface area contributed by atoms with Gasteiger partial charge >= 0.3 is 0 Å². The molecule has 1 aromatic heterocycles. The van der Waals surface area contributed by atoms with Gasteiger partial charge in [0.15, 0.2) is 5.69 Å². The van der Waals surface area contributed by atoms with Crippen LogP contribution in [-0.2, 0) is 4.74 Å². The molecule has 0 unspecified atom stereocenters. The first-order valence-corrected chi connectivity index (χ1v) is 6.30. The Bertz CT molecular complexity index is 459. The van der Waals surface area contributed by atoms with E-state index in [9.17, 15) is 9.90 Å². The van der Waals surface area contributed by atoms with Gasteiger partial charge in [0.2, 0.25) is 0 Å². The highest BCUT2D eigenvalue weighted by molar-refractivity contribution is 5.95. The molecular weight excluding hydrogens is 232 g/mol. The smallest absolute Gasteiger partial charge is 0.276 e. The molecule has 1 aromatic rings. The van der Waals surface area contributed by atoms with E-state index in [-0.39, 0.29) is 23.4 Å². The summed E-state index contributed by atoms with van der Waals surface area (Å²) in [6, 6.07) is 3.25. The fraction of sp³-hybridized carbons (Fsp3) is 0.538. The van der Waals surface area contributed by atoms with Crippen molar-refractivity contribution >= 4 is 5.91 Å². The minimum absolute atomic E-state index is 0.0523. The Morgan fingerprint density at radius 3 is 3.06 bits per heavy atom. The molecule has 0 aromatic carbocycles. The normalized spacial score (nSPS) is 24.0. The summed E-state index contributed by atoms with van der Waals surface area (Å²) in [5, 5.41) is 9.71. The predicted octanol–water partition coefficient (Wildman–Crippen LogP) is 1.04. The van der Waals surface area contributed by atoms with Crippen LogP contribution in [0.1, 0.15) is 23.3 Å². The molecule has 2 aliphatic rings. The second-order valence-corrected chi connectivity index (χ2v) is 4.85. The zero-order valence-electron chi connectivity index (χ0n) is 10.1. The summed E-state index contributed by atoms with van der Waals surface area (Å²) in [7, 11) is 0. The predicted molar refractivity (Wildman–Crippen MR) is 64.3 cm³/mol. The van der Waals surface area contributed by atoms with Crippen molar-refractivity contribution in [3.05, 3.63) is 24.0 Å². The van der Waals surface area contributed by atoms with Crippen molar-refractivity contribution in [2.75, 3.05) is 19.8 Å². The number of pyridine rings is 1. The maximum atomic E-state index is 12.4. The molecule has 5 heteroatoms. The maximum absolute atomic E-state index is 12.4. The summed E-state index contributed by atoms with van der Waals surface area (Å²) in [6.07, 6.45) is 3.84. The minimum atomic E-state index is -0.187. The van der Waals surface area contributed by atoms with Crippen molar-refractivity contribution < 1.29 is 14.6 Å². The number of carbonyl (C=O) groups excluding carboxylic acids is 1. The second-order valence-electron chi connectivity index (χ2n) is 4.85. The molecule has 1 N–H and O–H groups in total. The van der Waals surface area contributed by atoms with Crippen LogP contribution in [0, 0.1) is 5.92 Å². The highest BCUT2D eigenvalue weighted by Gasteiger charge is 2.40. The lowest BCUT2D eigenvalue weighted by Crippen LogP contribution is -2.50. The standard InChI is InChI=1S/C13H16N2O3/c16-11-2-1-5-14-12(11)13(17)15-6-7-18-8-10(15)9-3-4-9/h1-2,5,9-10,16H,3-4,6-8H2/t10-/m0/s1. The van der Waals surface area contributed by atoms with Crippen LogP contribution >= 0.6 is 0 Å². The average Bonchev–Trinajstić information content (AvgIpc) is 3.23. The molecule has 1 aliphatic carbocycles. The van der Waals surface area contributed by atoms with Gasteiger partial charge in [-0.1, -0.05) is 0 Å². The Morgan fingerprint density at radius 2 is 2.33 bits per heavy atom. The first kappa shape index (κ1) is 11.5. The summed E-state index contributed by atoms with van der Waals surface area (Å²) in [5.41, 5.74) is 0.144. The van der Waals surface area contributed by atoms with Gasteiger partial charge in [-0.15, -0.1) is 0 Å². The number of hydrogen-bond acceptors (Lipinski definition) is 4. The van der Waals surface area contributed by atoms with Crippen molar-refractivity contribution in [2.45, 2.75) is 18.9 Å². The Labute approximate surface area is 105 Å². The molecule has 5 nitrogen and oxygen atoms in total. The van der Waals surface area contributed by atoms with Crippen molar-refractivity contribution in [1.29, 1.82) is 0 Å². The summed E-state index contributed by atoms with van der Waals surface area (Å²) >= 11 is 0. The van der Waals surface area contributed by atoms with E-state index in [1.807, 2.05) is 4.90 Å². The molecule has 0 spiro atoms. The molecule has 1 amide bonds. The van der Waals surface area contributed by atoms with E-state index in [0.717, 1.165) is 12.8 Å². The van der Waals surface area contributed by atoms with Crippen LogP contribution in [0.4, 0.5) is 0 Å². The molecule has 1 aliphatic heterocycles. The Morgan fingerprint density at radius 1 is 1.50 bits per heavy atom. The Kier molecular flexibility index (Phi) is 2.91. The monoisotopic (exact) mass is 248 g/mol. The highest BCUT2D eigenvalue weighted by atomic mass is 16.5. The number of aromatic hydroxyl groups is 1. The van der Waals surface area contributed by atoms with Gasteiger partial charge in [0, 0.05) is 12.7 Å². The zero-order chi connectivity index (χ0) is 12.5. The first-order chi connectivity index (χ1) is 8.77. The molecule has 2 fully saturated rings. The van der Waals surface area contributed by atoms with Crippen LogP contribution in [0.15, 0.2) is 18.3 Å². The molecule has 1 saturated heterocycles. The maximum Gasteiger partial charge on any atom is 0.276 e. The summed E-state index contributed by atoms with van der Waals surface area (Å²) in [4.78, 5) is 18.2. The number of rotatable bonds is 2. The molecular formula is C13H16N2O3. The molecule has 1 atom stereocenters. The topological polar surface area (TPSA) is 62.7 Å². The Hall–Kier alpha value is -1.62. The van der Waals surface area contributed by atoms with Crippen LogP contribution in [0.25, 0.3) is 0 Å². The van der Waals surface area contributed by atoms with Crippen molar-refractivity contribution in [3.63, 3.8) is 0 Å². The quantitative estimate of drug-likeness (QED) is 0.849. The average molecular weight is 248 g/mol. The van der Waals surface area contributed by atoms with Crippen LogP contribution < -0.4 is 0 Å². The van der Waals surface area contributed by atoms with Crippen LogP contribution in [0.2, 0.25) is 0 Å².